The number of aryl methyl sites for hydroxylation is 3. The number of amides is 1. The molecule has 0 aliphatic carbocycles. The molecule has 0 aromatic heterocycles. The Balaban J connectivity index is 2.12. The molecule has 0 atom stereocenters. The van der Waals surface area contributed by atoms with E-state index in [9.17, 15) is 18.3 Å². The molecule has 0 radical (unpaired) electrons. The zero-order valence-electron chi connectivity index (χ0n) is 17.0. The second kappa shape index (κ2) is 8.32. The van der Waals surface area contributed by atoms with Crippen LogP contribution < -0.4 is 10.0 Å². The van der Waals surface area contributed by atoms with Crippen molar-refractivity contribution in [3.05, 3.63) is 58.7 Å². The number of nitrogens with one attached hydrogen (secondary N) is 2. The molecule has 3 N–H and O–H groups in total. The number of aliphatic hydroxyl groups is 1. The van der Waals surface area contributed by atoms with Crippen LogP contribution in [-0.2, 0) is 21.2 Å². The van der Waals surface area contributed by atoms with Crippen molar-refractivity contribution in [1.29, 1.82) is 0 Å². The largest absolute Gasteiger partial charge is 0.394 e. The van der Waals surface area contributed by atoms with E-state index in [0.717, 1.165) is 16.7 Å². The monoisotopic (exact) mass is 404 g/mol. The molecule has 2 rings (SSSR count). The predicted molar refractivity (Wildman–Crippen MR) is 111 cm³/mol. The molecule has 0 saturated heterocycles. The van der Waals surface area contributed by atoms with Gasteiger partial charge in [-0.05, 0) is 75.1 Å². The van der Waals surface area contributed by atoms with Gasteiger partial charge in [0.05, 0.1) is 23.5 Å². The Bertz CT molecular complexity index is 965. The van der Waals surface area contributed by atoms with Crippen molar-refractivity contribution in [2.75, 3.05) is 11.3 Å². The topological polar surface area (TPSA) is 95.5 Å². The molecule has 0 aliphatic rings. The van der Waals surface area contributed by atoms with Crippen molar-refractivity contribution in [1.82, 2.24) is 5.32 Å². The third-order valence-corrected chi connectivity index (χ3v) is 6.05. The Morgan fingerprint density at radius 1 is 1.00 bits per heavy atom. The fourth-order valence-electron chi connectivity index (χ4n) is 2.77. The third-order valence-electron chi connectivity index (χ3n) is 4.52. The van der Waals surface area contributed by atoms with Gasteiger partial charge in [-0.15, -0.1) is 0 Å². The van der Waals surface area contributed by atoms with Crippen molar-refractivity contribution in [2.24, 2.45) is 0 Å². The maximum Gasteiger partial charge on any atom is 0.262 e. The molecule has 0 bridgehead atoms. The molecule has 152 valence electrons. The fraction of sp³-hybridized carbons (Fsp3) is 0.381. The number of benzene rings is 2. The van der Waals surface area contributed by atoms with Gasteiger partial charge in [-0.1, -0.05) is 18.2 Å². The van der Waals surface area contributed by atoms with Gasteiger partial charge in [-0.2, -0.15) is 0 Å². The highest BCUT2D eigenvalue weighted by Crippen LogP contribution is 2.23. The summed E-state index contributed by atoms with van der Waals surface area (Å²) in [6, 6.07) is 10.2. The van der Waals surface area contributed by atoms with Crippen LogP contribution in [0.5, 0.6) is 0 Å². The van der Waals surface area contributed by atoms with Crippen molar-refractivity contribution >= 4 is 21.6 Å². The van der Waals surface area contributed by atoms with Crippen molar-refractivity contribution in [3.8, 4) is 0 Å². The summed E-state index contributed by atoms with van der Waals surface area (Å²) in [7, 11) is -3.70. The summed E-state index contributed by atoms with van der Waals surface area (Å²) in [6.45, 7) is 8.91. The van der Waals surface area contributed by atoms with Crippen LogP contribution in [-0.4, -0.2) is 31.6 Å². The molecule has 2 aromatic rings. The lowest BCUT2D eigenvalue weighted by Crippen LogP contribution is -2.46. The molecule has 0 fully saturated rings. The second-order valence-corrected chi connectivity index (χ2v) is 9.42. The van der Waals surface area contributed by atoms with E-state index in [1.165, 1.54) is 0 Å². The number of aliphatic hydroxyl groups excluding tert-OH is 1. The summed E-state index contributed by atoms with van der Waals surface area (Å²) in [5.41, 5.74) is 3.14. The van der Waals surface area contributed by atoms with Gasteiger partial charge < -0.3 is 10.4 Å². The summed E-state index contributed by atoms with van der Waals surface area (Å²) in [6.07, 6.45) is 0.146. The highest BCUT2D eigenvalue weighted by atomic mass is 32.2. The van der Waals surface area contributed by atoms with Crippen LogP contribution in [0.25, 0.3) is 0 Å². The molecule has 28 heavy (non-hydrogen) atoms. The number of rotatable bonds is 7. The minimum absolute atomic E-state index is 0.146. The lowest BCUT2D eigenvalue weighted by atomic mass is 10.1. The maximum absolute atomic E-state index is 12.7. The van der Waals surface area contributed by atoms with E-state index in [0.29, 0.717) is 11.3 Å². The van der Waals surface area contributed by atoms with Gasteiger partial charge in [-0.25, -0.2) is 8.42 Å². The van der Waals surface area contributed by atoms with E-state index in [1.807, 2.05) is 19.9 Å². The zero-order valence-corrected chi connectivity index (χ0v) is 17.8. The summed E-state index contributed by atoms with van der Waals surface area (Å²) in [5.74, 6) is -0.210. The number of hydrogen-bond acceptors (Lipinski definition) is 4. The lowest BCUT2D eigenvalue weighted by molar-refractivity contribution is -0.122. The van der Waals surface area contributed by atoms with Crippen LogP contribution in [0.2, 0.25) is 0 Å². The van der Waals surface area contributed by atoms with E-state index in [2.05, 4.69) is 10.0 Å². The van der Waals surface area contributed by atoms with E-state index in [-0.39, 0.29) is 23.8 Å². The van der Waals surface area contributed by atoms with Crippen LogP contribution in [0, 0.1) is 20.8 Å². The normalized spacial score (nSPS) is 11.9. The number of carbonyl (C=O) groups is 1. The molecule has 0 saturated carbocycles. The van der Waals surface area contributed by atoms with Gasteiger partial charge in [-0.3, -0.25) is 9.52 Å². The Kier molecular flexibility index (Phi) is 6.52. The van der Waals surface area contributed by atoms with E-state index in [4.69, 9.17) is 0 Å². The van der Waals surface area contributed by atoms with E-state index < -0.39 is 15.6 Å². The summed E-state index contributed by atoms with van der Waals surface area (Å²) >= 11 is 0. The van der Waals surface area contributed by atoms with E-state index in [1.54, 1.807) is 51.1 Å². The first-order valence-corrected chi connectivity index (χ1v) is 10.5. The zero-order chi connectivity index (χ0) is 21.1. The van der Waals surface area contributed by atoms with Crippen LogP contribution in [0.4, 0.5) is 5.69 Å². The van der Waals surface area contributed by atoms with Gasteiger partial charge >= 0.3 is 0 Å². The SMILES string of the molecule is Cc1cc(C)c(S(=O)(=O)Nc2ccc(CC(=O)NC(C)(C)CO)cc2)cc1C. The van der Waals surface area contributed by atoms with Crippen molar-refractivity contribution < 1.29 is 18.3 Å². The van der Waals surface area contributed by atoms with E-state index >= 15 is 0 Å². The maximum atomic E-state index is 12.7. The van der Waals surface area contributed by atoms with Crippen LogP contribution in [0.15, 0.2) is 41.3 Å². The first-order chi connectivity index (χ1) is 12.9. The molecule has 0 spiro atoms. The molecular formula is C21H28N2O4S. The highest BCUT2D eigenvalue weighted by molar-refractivity contribution is 7.92. The highest BCUT2D eigenvalue weighted by Gasteiger charge is 2.20. The van der Waals surface area contributed by atoms with Gasteiger partial charge in [0, 0.05) is 5.69 Å². The average Bonchev–Trinajstić information content (AvgIpc) is 2.59. The number of anilines is 1. The number of carbonyl (C=O) groups excluding carboxylic acids is 1. The fourth-order valence-corrected chi connectivity index (χ4v) is 4.14. The van der Waals surface area contributed by atoms with Gasteiger partial charge in [0.15, 0.2) is 0 Å². The summed E-state index contributed by atoms with van der Waals surface area (Å²) in [5, 5.41) is 12.0. The second-order valence-electron chi connectivity index (χ2n) is 7.77. The standard InChI is InChI=1S/C21H28N2O4S/c1-14-10-16(3)19(11-15(14)2)28(26,27)23-18-8-6-17(7-9-18)12-20(25)22-21(4,5)13-24/h6-11,23-24H,12-13H2,1-5H3,(H,22,25). The smallest absolute Gasteiger partial charge is 0.262 e. The number of hydrogen-bond donors (Lipinski definition) is 3. The molecular weight excluding hydrogens is 376 g/mol. The Labute approximate surface area is 167 Å². The molecule has 2 aromatic carbocycles. The van der Waals surface area contributed by atoms with Gasteiger partial charge in [0.1, 0.15) is 0 Å². The minimum Gasteiger partial charge on any atom is -0.394 e. The summed E-state index contributed by atoms with van der Waals surface area (Å²) < 4.78 is 28.1. The predicted octanol–water partition coefficient (Wildman–Crippen LogP) is 2.84. The molecule has 1 amide bonds. The first-order valence-electron chi connectivity index (χ1n) is 9.05. The molecule has 0 heterocycles. The third kappa shape index (κ3) is 5.56. The average molecular weight is 405 g/mol. The molecule has 0 unspecified atom stereocenters. The quantitative estimate of drug-likeness (QED) is 0.661. The van der Waals surface area contributed by atoms with Gasteiger partial charge in [0.2, 0.25) is 5.91 Å². The summed E-state index contributed by atoms with van der Waals surface area (Å²) in [4.78, 5) is 12.3. The Morgan fingerprint density at radius 2 is 1.57 bits per heavy atom. The van der Waals surface area contributed by atoms with Crippen molar-refractivity contribution in [2.45, 2.75) is 51.5 Å². The minimum atomic E-state index is -3.70. The van der Waals surface area contributed by atoms with Crippen LogP contribution in [0.1, 0.15) is 36.1 Å². The van der Waals surface area contributed by atoms with Crippen LogP contribution in [0.3, 0.4) is 0 Å². The van der Waals surface area contributed by atoms with Gasteiger partial charge in [0.25, 0.3) is 10.0 Å². The lowest BCUT2D eigenvalue weighted by Gasteiger charge is -2.23. The molecule has 6 nitrogen and oxygen atoms in total. The molecule has 7 heteroatoms. The Hall–Kier alpha value is -2.38. The number of sulfonamides is 1. The van der Waals surface area contributed by atoms with Crippen molar-refractivity contribution in [3.63, 3.8) is 0 Å². The first kappa shape index (κ1) is 21.9. The molecule has 0 aliphatic heterocycles. The van der Waals surface area contributed by atoms with Crippen LogP contribution >= 0.6 is 0 Å². The Morgan fingerprint density at radius 3 is 2.14 bits per heavy atom.